The number of rotatable bonds is 8. The fourth-order valence-electron chi connectivity index (χ4n) is 11.1. The van der Waals surface area contributed by atoms with E-state index in [1.165, 1.54) is 71.2 Å². The second kappa shape index (κ2) is 16.7. The van der Waals surface area contributed by atoms with E-state index in [-0.39, 0.29) is 0 Å². The summed E-state index contributed by atoms with van der Waals surface area (Å²) in [4.78, 5) is 2.42. The van der Waals surface area contributed by atoms with Gasteiger partial charge < -0.3 is 13.9 Å². The molecule has 0 radical (unpaired) electrons. The van der Waals surface area contributed by atoms with Crippen molar-refractivity contribution in [3.8, 4) is 50.2 Å². The SMILES string of the molecule is c1ccc(-c2ccc(-c3ccc(N(c4ccc(-c5cccc6c5c5cccc(-c7ccccc7)c5n6-c5ccccc5)cc4)c4ccc5ccc6ccccc6c5c4)c4c3oc3ccccc34)cc2)cc1. The summed E-state index contributed by atoms with van der Waals surface area (Å²) >= 11 is 0. The summed E-state index contributed by atoms with van der Waals surface area (Å²) in [5.41, 5.74) is 17.6. The second-order valence-corrected chi connectivity index (χ2v) is 18.4. The Balaban J connectivity index is 0.972. The van der Waals surface area contributed by atoms with Crippen LogP contribution in [0.4, 0.5) is 17.1 Å². The monoisotopic (exact) mass is 904 g/mol. The number of aromatic nitrogens is 1. The Bertz CT molecular complexity index is 4300. The van der Waals surface area contributed by atoms with Crippen molar-refractivity contribution in [2.75, 3.05) is 4.90 Å². The first-order valence-corrected chi connectivity index (χ1v) is 24.3. The molecule has 3 heteroatoms. The van der Waals surface area contributed by atoms with E-state index in [1.54, 1.807) is 0 Å². The maximum absolute atomic E-state index is 6.94. The molecule has 14 aromatic rings. The zero-order valence-corrected chi connectivity index (χ0v) is 38.7. The van der Waals surface area contributed by atoms with Gasteiger partial charge in [0.05, 0.1) is 22.1 Å². The van der Waals surface area contributed by atoms with E-state index in [9.17, 15) is 0 Å². The van der Waals surface area contributed by atoms with Crippen LogP contribution in [0.1, 0.15) is 0 Å². The van der Waals surface area contributed by atoms with Gasteiger partial charge in [0.15, 0.2) is 0 Å². The molecule has 0 amide bonds. The third-order valence-corrected chi connectivity index (χ3v) is 14.4. The van der Waals surface area contributed by atoms with Gasteiger partial charge >= 0.3 is 0 Å². The lowest BCUT2D eigenvalue weighted by molar-refractivity contribution is 0.670. The van der Waals surface area contributed by atoms with Gasteiger partial charge in [0.25, 0.3) is 0 Å². The fraction of sp³-hybridized carbons (Fsp3) is 0. The first-order valence-electron chi connectivity index (χ1n) is 24.3. The summed E-state index contributed by atoms with van der Waals surface area (Å²) in [6.45, 7) is 0. The average molecular weight is 905 g/mol. The van der Waals surface area contributed by atoms with Gasteiger partial charge in [0.1, 0.15) is 11.2 Å². The molecule has 0 atom stereocenters. The van der Waals surface area contributed by atoms with Gasteiger partial charge in [-0.2, -0.15) is 0 Å². The molecule has 0 aliphatic heterocycles. The lowest BCUT2D eigenvalue weighted by atomic mass is 9.96. The lowest BCUT2D eigenvalue weighted by Gasteiger charge is -2.27. The highest BCUT2D eigenvalue weighted by molar-refractivity contribution is 6.20. The van der Waals surface area contributed by atoms with Crippen LogP contribution in [0.5, 0.6) is 0 Å². The number of benzene rings is 12. The molecule has 0 fully saturated rings. The zero-order chi connectivity index (χ0) is 46.8. The number of anilines is 3. The molecule has 332 valence electrons. The zero-order valence-electron chi connectivity index (χ0n) is 38.7. The first kappa shape index (κ1) is 40.6. The maximum Gasteiger partial charge on any atom is 0.145 e. The minimum absolute atomic E-state index is 0.857. The summed E-state index contributed by atoms with van der Waals surface area (Å²) in [6, 6.07) is 96.6. The van der Waals surface area contributed by atoms with E-state index in [0.29, 0.717) is 0 Å². The van der Waals surface area contributed by atoms with Crippen LogP contribution in [-0.2, 0) is 0 Å². The quantitative estimate of drug-likeness (QED) is 0.142. The lowest BCUT2D eigenvalue weighted by Crippen LogP contribution is -2.10. The summed E-state index contributed by atoms with van der Waals surface area (Å²) in [6.07, 6.45) is 0. The molecular weight excluding hydrogens is 861 g/mol. The standard InChI is InChI=1S/C68H44N2O/c1-4-16-45(17-5-1)46-30-32-50(33-31-46)58-42-43-63(66-59-24-12-13-29-64(59)71-68(58)66)69(54-41-38-51-35-34-48-20-10-11-23-55(48)61(51)44-54)53-39-36-49(37-40-53)56-25-15-28-62-65(56)60-27-14-26-57(47-18-6-2-7-19-47)67(60)70(62)52-21-8-3-9-22-52/h1-44H. The van der Waals surface area contributed by atoms with Crippen molar-refractivity contribution in [2.45, 2.75) is 0 Å². The minimum Gasteiger partial charge on any atom is -0.455 e. The Labute approximate surface area is 411 Å². The second-order valence-electron chi connectivity index (χ2n) is 18.4. The van der Waals surface area contributed by atoms with Crippen LogP contribution < -0.4 is 4.90 Å². The van der Waals surface area contributed by atoms with Crippen molar-refractivity contribution in [2.24, 2.45) is 0 Å². The van der Waals surface area contributed by atoms with Crippen molar-refractivity contribution in [1.29, 1.82) is 0 Å². The number of fused-ring (bicyclic) bond motifs is 9. The van der Waals surface area contributed by atoms with Crippen molar-refractivity contribution in [3.63, 3.8) is 0 Å². The van der Waals surface area contributed by atoms with E-state index in [1.807, 2.05) is 0 Å². The normalized spacial score (nSPS) is 11.7. The van der Waals surface area contributed by atoms with Crippen LogP contribution >= 0.6 is 0 Å². The van der Waals surface area contributed by atoms with E-state index in [0.717, 1.165) is 61.4 Å². The smallest absolute Gasteiger partial charge is 0.145 e. The van der Waals surface area contributed by atoms with Crippen molar-refractivity contribution in [1.82, 2.24) is 4.57 Å². The molecule has 0 unspecified atom stereocenters. The van der Waals surface area contributed by atoms with Crippen molar-refractivity contribution < 1.29 is 4.42 Å². The van der Waals surface area contributed by atoms with Gasteiger partial charge in [-0.25, -0.2) is 0 Å². The van der Waals surface area contributed by atoms with E-state index >= 15 is 0 Å². The number of para-hydroxylation sites is 3. The maximum atomic E-state index is 6.94. The predicted octanol–water partition coefficient (Wildman–Crippen LogP) is 19.1. The molecule has 0 saturated heterocycles. The van der Waals surface area contributed by atoms with Gasteiger partial charge in [0, 0.05) is 44.3 Å². The fourth-order valence-corrected chi connectivity index (χ4v) is 11.1. The molecule has 0 spiro atoms. The van der Waals surface area contributed by atoms with Crippen LogP contribution in [0.2, 0.25) is 0 Å². The molecule has 0 saturated carbocycles. The highest BCUT2D eigenvalue weighted by Gasteiger charge is 2.24. The highest BCUT2D eigenvalue weighted by atomic mass is 16.3. The Morgan fingerprint density at radius 3 is 1.66 bits per heavy atom. The van der Waals surface area contributed by atoms with Crippen LogP contribution in [-0.4, -0.2) is 4.57 Å². The molecule has 14 rings (SSSR count). The number of hydrogen-bond donors (Lipinski definition) is 0. The highest BCUT2D eigenvalue weighted by Crippen LogP contribution is 2.48. The molecule has 0 bridgehead atoms. The van der Waals surface area contributed by atoms with Crippen LogP contribution in [0.15, 0.2) is 271 Å². The summed E-state index contributed by atoms with van der Waals surface area (Å²) < 4.78 is 9.38. The van der Waals surface area contributed by atoms with Crippen LogP contribution in [0.25, 0.3) is 115 Å². The van der Waals surface area contributed by atoms with Gasteiger partial charge in [-0.15, -0.1) is 0 Å². The van der Waals surface area contributed by atoms with E-state index < -0.39 is 0 Å². The molecule has 0 aliphatic carbocycles. The van der Waals surface area contributed by atoms with Crippen LogP contribution in [0.3, 0.4) is 0 Å². The van der Waals surface area contributed by atoms with E-state index in [4.69, 9.17) is 4.42 Å². The molecule has 2 aromatic heterocycles. The first-order chi connectivity index (χ1) is 35.2. The molecule has 71 heavy (non-hydrogen) atoms. The average Bonchev–Trinajstić information content (AvgIpc) is 4.01. The summed E-state index contributed by atoms with van der Waals surface area (Å²) in [7, 11) is 0. The Morgan fingerprint density at radius 1 is 0.324 bits per heavy atom. The number of furan rings is 1. The Hall–Kier alpha value is -9.44. The molecule has 2 heterocycles. The van der Waals surface area contributed by atoms with Gasteiger partial charge in [0.2, 0.25) is 0 Å². The Morgan fingerprint density at radius 2 is 0.873 bits per heavy atom. The molecular formula is C68H44N2O. The predicted molar refractivity (Wildman–Crippen MR) is 299 cm³/mol. The number of nitrogens with zero attached hydrogens (tertiary/aromatic N) is 2. The van der Waals surface area contributed by atoms with Crippen LogP contribution in [0, 0.1) is 0 Å². The molecule has 0 N–H and O–H groups in total. The van der Waals surface area contributed by atoms with Crippen molar-refractivity contribution in [3.05, 3.63) is 267 Å². The van der Waals surface area contributed by atoms with Gasteiger partial charge in [-0.3, -0.25) is 0 Å². The third kappa shape index (κ3) is 6.74. The third-order valence-electron chi connectivity index (χ3n) is 14.4. The Kier molecular flexibility index (Phi) is 9.53. The largest absolute Gasteiger partial charge is 0.455 e. The van der Waals surface area contributed by atoms with Gasteiger partial charge in [-0.1, -0.05) is 206 Å². The topological polar surface area (TPSA) is 21.3 Å². The summed E-state index contributed by atoms with van der Waals surface area (Å²) in [5, 5.41) is 9.46. The van der Waals surface area contributed by atoms with Gasteiger partial charge in [-0.05, 0) is 116 Å². The minimum atomic E-state index is 0.857. The number of hydrogen-bond acceptors (Lipinski definition) is 2. The molecule has 3 nitrogen and oxygen atoms in total. The molecule has 0 aliphatic rings. The van der Waals surface area contributed by atoms with Crippen molar-refractivity contribution >= 4 is 82.4 Å². The molecule has 12 aromatic carbocycles. The van der Waals surface area contributed by atoms with E-state index in [2.05, 4.69) is 276 Å². The summed E-state index contributed by atoms with van der Waals surface area (Å²) in [5.74, 6) is 0.